The highest BCUT2D eigenvalue weighted by atomic mass is 127. The second kappa shape index (κ2) is 13.8. The van der Waals surface area contributed by atoms with Crippen LogP contribution in [0.2, 0.25) is 0 Å². The van der Waals surface area contributed by atoms with Gasteiger partial charge in [0.2, 0.25) is 0 Å². The topological polar surface area (TPSA) is 68.5 Å². The fraction of sp³-hybridized carbons (Fsp3) is 0.560. The first kappa shape index (κ1) is 25.8. The predicted molar refractivity (Wildman–Crippen MR) is 139 cm³/mol. The monoisotopic (exact) mass is 569 g/mol. The minimum absolute atomic E-state index is 0. The van der Waals surface area contributed by atoms with Crippen LogP contribution in [-0.2, 0) is 22.4 Å². The van der Waals surface area contributed by atoms with Gasteiger partial charge in [0.25, 0.3) is 0 Å². The molecule has 1 atom stereocenters. The number of hydrogen-bond acceptors (Lipinski definition) is 5. The molecule has 1 unspecified atom stereocenters. The van der Waals surface area contributed by atoms with Crippen molar-refractivity contribution in [2.75, 3.05) is 40.0 Å². The van der Waals surface area contributed by atoms with E-state index >= 15 is 0 Å². The molecular formula is C25H36IN3O4. The number of nitrogens with one attached hydrogen (secondary N) is 1. The van der Waals surface area contributed by atoms with Gasteiger partial charge in [0.05, 0.1) is 38.7 Å². The summed E-state index contributed by atoms with van der Waals surface area (Å²) in [6.07, 6.45) is 7.44. The van der Waals surface area contributed by atoms with Crippen LogP contribution in [-0.4, -0.2) is 63.0 Å². The van der Waals surface area contributed by atoms with Gasteiger partial charge in [0, 0.05) is 32.7 Å². The molecule has 3 heterocycles. The zero-order valence-electron chi connectivity index (χ0n) is 19.4. The van der Waals surface area contributed by atoms with Crippen LogP contribution in [0.4, 0.5) is 0 Å². The fourth-order valence-electron chi connectivity index (χ4n) is 4.17. The van der Waals surface area contributed by atoms with Gasteiger partial charge in [-0.15, -0.1) is 24.0 Å². The number of rotatable bonds is 9. The summed E-state index contributed by atoms with van der Waals surface area (Å²) in [5.74, 6) is 2.79. The van der Waals surface area contributed by atoms with Gasteiger partial charge in [-0.2, -0.15) is 0 Å². The molecule has 2 aliphatic heterocycles. The number of nitrogens with zero attached hydrogens (tertiary/aromatic N) is 2. The quantitative estimate of drug-likeness (QED) is 0.277. The number of likely N-dealkylation sites (tertiary alicyclic amines) is 1. The van der Waals surface area contributed by atoms with E-state index in [1.54, 1.807) is 13.4 Å². The first-order valence-corrected chi connectivity index (χ1v) is 11.7. The molecule has 0 bridgehead atoms. The van der Waals surface area contributed by atoms with Crippen LogP contribution in [0, 0.1) is 0 Å². The van der Waals surface area contributed by atoms with E-state index in [0.717, 1.165) is 88.0 Å². The van der Waals surface area contributed by atoms with Crippen molar-refractivity contribution in [3.63, 3.8) is 0 Å². The molecule has 2 aromatic rings. The number of benzene rings is 1. The van der Waals surface area contributed by atoms with E-state index < -0.39 is 0 Å². The van der Waals surface area contributed by atoms with Crippen LogP contribution >= 0.6 is 24.0 Å². The number of furan rings is 1. The Labute approximate surface area is 213 Å². The lowest BCUT2D eigenvalue weighted by atomic mass is 10.1. The Morgan fingerprint density at radius 1 is 1.15 bits per heavy atom. The van der Waals surface area contributed by atoms with E-state index in [1.807, 2.05) is 24.3 Å². The SMILES string of the molecule is COc1ccc(CN=C(NCCc2ccco2)N2CCC(OCC3CCCO3)CC2)cc1.I. The van der Waals surface area contributed by atoms with Crippen LogP contribution < -0.4 is 10.1 Å². The van der Waals surface area contributed by atoms with Crippen molar-refractivity contribution in [1.29, 1.82) is 0 Å². The number of hydrogen-bond donors (Lipinski definition) is 1. The summed E-state index contributed by atoms with van der Waals surface area (Å²) in [6.45, 7) is 4.89. The van der Waals surface area contributed by atoms with Crippen molar-refractivity contribution in [2.45, 2.75) is 50.9 Å². The summed E-state index contributed by atoms with van der Waals surface area (Å²) in [7, 11) is 1.68. The average molecular weight is 569 g/mol. The Kier molecular flexibility index (Phi) is 10.8. The third-order valence-corrected chi connectivity index (χ3v) is 6.09. The largest absolute Gasteiger partial charge is 0.497 e. The molecule has 2 saturated heterocycles. The number of ether oxygens (including phenoxy) is 3. The zero-order chi connectivity index (χ0) is 22.0. The summed E-state index contributed by atoms with van der Waals surface area (Å²) in [6, 6.07) is 12.0. The van der Waals surface area contributed by atoms with E-state index in [9.17, 15) is 0 Å². The lowest BCUT2D eigenvalue weighted by molar-refractivity contribution is -0.0367. The van der Waals surface area contributed by atoms with Gasteiger partial charge in [-0.05, 0) is 55.5 Å². The summed E-state index contributed by atoms with van der Waals surface area (Å²) < 4.78 is 22.5. The predicted octanol–water partition coefficient (Wildman–Crippen LogP) is 4.25. The van der Waals surface area contributed by atoms with Gasteiger partial charge < -0.3 is 28.8 Å². The molecule has 8 heteroatoms. The van der Waals surface area contributed by atoms with Crippen LogP contribution in [0.1, 0.15) is 37.0 Å². The third kappa shape index (κ3) is 8.19. The Hall–Kier alpha value is -1.78. The summed E-state index contributed by atoms with van der Waals surface area (Å²) in [5.41, 5.74) is 1.16. The first-order chi connectivity index (χ1) is 15.8. The third-order valence-electron chi connectivity index (χ3n) is 6.09. The molecule has 182 valence electrons. The van der Waals surface area contributed by atoms with Crippen LogP contribution in [0.3, 0.4) is 0 Å². The Morgan fingerprint density at radius 3 is 2.64 bits per heavy atom. The van der Waals surface area contributed by atoms with Crippen molar-refractivity contribution >= 4 is 29.9 Å². The number of guanidine groups is 1. The number of methoxy groups -OCH3 is 1. The maximum atomic E-state index is 6.14. The van der Waals surface area contributed by atoms with Crippen molar-refractivity contribution in [3.8, 4) is 5.75 Å². The molecule has 2 fully saturated rings. The van der Waals surface area contributed by atoms with E-state index in [0.29, 0.717) is 12.6 Å². The number of halogens is 1. The molecule has 0 radical (unpaired) electrons. The number of aliphatic imine (C=N–C) groups is 1. The highest BCUT2D eigenvalue weighted by Crippen LogP contribution is 2.18. The van der Waals surface area contributed by atoms with Gasteiger partial charge in [-0.3, -0.25) is 0 Å². The maximum Gasteiger partial charge on any atom is 0.194 e. The zero-order valence-corrected chi connectivity index (χ0v) is 21.7. The second-order valence-corrected chi connectivity index (χ2v) is 8.40. The van der Waals surface area contributed by atoms with Crippen molar-refractivity contribution in [3.05, 3.63) is 54.0 Å². The molecule has 2 aliphatic rings. The Balaban J connectivity index is 0.00000306. The molecule has 0 spiro atoms. The molecular weight excluding hydrogens is 533 g/mol. The standard InChI is InChI=1S/C25H35N3O4.HI/c1-29-21-8-6-20(7-9-21)18-27-25(26-13-10-22-4-2-16-30-22)28-14-11-23(12-15-28)32-19-24-5-3-17-31-24;/h2,4,6-9,16,23-24H,3,5,10-15,17-19H2,1H3,(H,26,27);1H. The summed E-state index contributed by atoms with van der Waals surface area (Å²) in [4.78, 5) is 7.27. The average Bonchev–Trinajstić information content (AvgIpc) is 3.55. The second-order valence-electron chi connectivity index (χ2n) is 8.40. The lowest BCUT2D eigenvalue weighted by Crippen LogP contribution is -2.47. The van der Waals surface area contributed by atoms with E-state index in [4.69, 9.17) is 23.6 Å². The van der Waals surface area contributed by atoms with Gasteiger partial charge >= 0.3 is 0 Å². The van der Waals surface area contributed by atoms with Gasteiger partial charge in [0.1, 0.15) is 11.5 Å². The fourth-order valence-corrected chi connectivity index (χ4v) is 4.17. The number of piperidine rings is 1. The highest BCUT2D eigenvalue weighted by molar-refractivity contribution is 14.0. The van der Waals surface area contributed by atoms with Gasteiger partial charge in [0.15, 0.2) is 5.96 Å². The highest BCUT2D eigenvalue weighted by Gasteiger charge is 2.24. The van der Waals surface area contributed by atoms with E-state index in [-0.39, 0.29) is 30.1 Å². The molecule has 33 heavy (non-hydrogen) atoms. The van der Waals surface area contributed by atoms with Crippen molar-refractivity contribution < 1.29 is 18.6 Å². The van der Waals surface area contributed by atoms with Crippen LogP contribution in [0.25, 0.3) is 0 Å². The van der Waals surface area contributed by atoms with Gasteiger partial charge in [-0.1, -0.05) is 12.1 Å². The lowest BCUT2D eigenvalue weighted by Gasteiger charge is -2.34. The van der Waals surface area contributed by atoms with Crippen molar-refractivity contribution in [2.24, 2.45) is 4.99 Å². The van der Waals surface area contributed by atoms with E-state index in [1.165, 1.54) is 0 Å². The Morgan fingerprint density at radius 2 is 1.97 bits per heavy atom. The van der Waals surface area contributed by atoms with Crippen molar-refractivity contribution in [1.82, 2.24) is 10.2 Å². The molecule has 7 nitrogen and oxygen atoms in total. The Bertz CT molecular complexity index is 815. The summed E-state index contributed by atoms with van der Waals surface area (Å²) in [5, 5.41) is 3.54. The molecule has 0 aliphatic carbocycles. The molecule has 1 N–H and O–H groups in total. The minimum Gasteiger partial charge on any atom is -0.497 e. The normalized spacial score (nSPS) is 19.4. The van der Waals surface area contributed by atoms with Crippen LogP contribution in [0.5, 0.6) is 5.75 Å². The summed E-state index contributed by atoms with van der Waals surface area (Å²) >= 11 is 0. The first-order valence-electron chi connectivity index (χ1n) is 11.7. The minimum atomic E-state index is 0. The van der Waals surface area contributed by atoms with Gasteiger partial charge in [-0.25, -0.2) is 4.99 Å². The van der Waals surface area contributed by atoms with Crippen LogP contribution in [0.15, 0.2) is 52.1 Å². The molecule has 1 aromatic carbocycles. The molecule has 0 saturated carbocycles. The molecule has 4 rings (SSSR count). The molecule has 0 amide bonds. The van der Waals surface area contributed by atoms with E-state index in [2.05, 4.69) is 22.3 Å². The smallest absolute Gasteiger partial charge is 0.194 e. The maximum absolute atomic E-state index is 6.14. The molecule has 1 aromatic heterocycles.